The Morgan fingerprint density at radius 3 is 2.78 bits per heavy atom. The van der Waals surface area contributed by atoms with Crippen LogP contribution in [-0.2, 0) is 21.3 Å². The van der Waals surface area contributed by atoms with Gasteiger partial charge in [-0.05, 0) is 61.9 Å². The van der Waals surface area contributed by atoms with E-state index in [2.05, 4.69) is 24.3 Å². The van der Waals surface area contributed by atoms with Gasteiger partial charge in [0.1, 0.15) is 0 Å². The number of aromatic nitrogens is 1. The van der Waals surface area contributed by atoms with Crippen LogP contribution in [0.3, 0.4) is 0 Å². The van der Waals surface area contributed by atoms with E-state index in [1.165, 1.54) is 24.1 Å². The van der Waals surface area contributed by atoms with Gasteiger partial charge in [-0.2, -0.15) is 0 Å². The summed E-state index contributed by atoms with van der Waals surface area (Å²) in [7, 11) is 0. The molecule has 3 heterocycles. The molecule has 1 aromatic carbocycles. The van der Waals surface area contributed by atoms with Crippen molar-refractivity contribution >= 4 is 11.6 Å². The quantitative estimate of drug-likeness (QED) is 0.627. The van der Waals surface area contributed by atoms with Crippen molar-refractivity contribution < 1.29 is 9.47 Å². The van der Waals surface area contributed by atoms with Gasteiger partial charge in [0, 0.05) is 42.0 Å². The highest BCUT2D eigenvalue weighted by Crippen LogP contribution is 2.47. The van der Waals surface area contributed by atoms with Crippen LogP contribution in [0.25, 0.3) is 0 Å². The van der Waals surface area contributed by atoms with Gasteiger partial charge in [-0.25, -0.2) is 0 Å². The molecule has 3 nitrogen and oxygen atoms in total. The molecule has 0 N–H and O–H groups in total. The summed E-state index contributed by atoms with van der Waals surface area (Å²) < 4.78 is 11.9. The van der Waals surface area contributed by atoms with Gasteiger partial charge >= 0.3 is 0 Å². The van der Waals surface area contributed by atoms with Gasteiger partial charge in [0.05, 0.1) is 12.2 Å². The number of pyridine rings is 1. The summed E-state index contributed by atoms with van der Waals surface area (Å²) >= 11 is 6.12. The third-order valence-electron chi connectivity index (χ3n) is 6.18. The van der Waals surface area contributed by atoms with Crippen molar-refractivity contribution in [2.24, 2.45) is 0 Å². The minimum Gasteiger partial charge on any atom is -0.378 e. The molecule has 0 bridgehead atoms. The molecule has 2 aromatic rings. The van der Waals surface area contributed by atoms with Gasteiger partial charge in [0.25, 0.3) is 0 Å². The molecule has 27 heavy (non-hydrogen) atoms. The summed E-state index contributed by atoms with van der Waals surface area (Å²) in [4.78, 5) is 4.76. The lowest BCUT2D eigenvalue weighted by atomic mass is 9.67. The molecule has 0 amide bonds. The van der Waals surface area contributed by atoms with Crippen LogP contribution in [-0.4, -0.2) is 30.4 Å². The second-order valence-electron chi connectivity index (χ2n) is 8.09. The van der Waals surface area contributed by atoms with Crippen LogP contribution in [0.2, 0.25) is 5.02 Å². The summed E-state index contributed by atoms with van der Waals surface area (Å²) in [5.74, 6) is 0. The predicted octanol–water partition coefficient (Wildman–Crippen LogP) is 5.36. The van der Waals surface area contributed by atoms with Gasteiger partial charge in [0.2, 0.25) is 0 Å². The first-order chi connectivity index (χ1) is 13.2. The summed E-state index contributed by atoms with van der Waals surface area (Å²) in [6.07, 6.45) is 9.57. The Morgan fingerprint density at radius 1 is 1.04 bits per heavy atom. The number of hydrogen-bond donors (Lipinski definition) is 0. The lowest BCUT2D eigenvalue weighted by Gasteiger charge is -2.45. The summed E-state index contributed by atoms with van der Waals surface area (Å²) in [6.45, 7) is 2.34. The highest BCUT2D eigenvalue weighted by molar-refractivity contribution is 6.30. The maximum absolute atomic E-state index is 6.22. The number of benzene rings is 1. The molecular formula is C23H28ClNO2. The topological polar surface area (TPSA) is 31.4 Å². The van der Waals surface area contributed by atoms with Crippen molar-refractivity contribution in [1.29, 1.82) is 0 Å². The Kier molecular flexibility index (Phi) is 5.82. The molecule has 2 aliphatic heterocycles. The monoisotopic (exact) mass is 385 g/mol. The molecule has 1 spiro atoms. The van der Waals surface area contributed by atoms with Crippen LogP contribution in [0, 0.1) is 0 Å². The van der Waals surface area contributed by atoms with Gasteiger partial charge < -0.3 is 9.47 Å². The van der Waals surface area contributed by atoms with E-state index in [-0.39, 0.29) is 11.0 Å². The summed E-state index contributed by atoms with van der Waals surface area (Å²) in [5, 5.41) is 0.824. The normalized spacial score (nSPS) is 27.9. The third kappa shape index (κ3) is 4.37. The first kappa shape index (κ1) is 18.9. The predicted molar refractivity (Wildman–Crippen MR) is 108 cm³/mol. The van der Waals surface area contributed by atoms with E-state index in [4.69, 9.17) is 26.1 Å². The van der Waals surface area contributed by atoms with Gasteiger partial charge in [-0.15, -0.1) is 0 Å². The fourth-order valence-corrected chi connectivity index (χ4v) is 5.00. The van der Waals surface area contributed by atoms with Crippen LogP contribution in [0.15, 0.2) is 48.7 Å². The van der Waals surface area contributed by atoms with Crippen molar-refractivity contribution in [3.8, 4) is 0 Å². The molecule has 2 saturated heterocycles. The van der Waals surface area contributed by atoms with Crippen LogP contribution >= 0.6 is 11.6 Å². The zero-order valence-electron chi connectivity index (χ0n) is 15.8. The smallest absolute Gasteiger partial charge is 0.0945 e. The van der Waals surface area contributed by atoms with Crippen LogP contribution in [0.5, 0.6) is 0 Å². The van der Waals surface area contributed by atoms with E-state index >= 15 is 0 Å². The molecule has 0 unspecified atom stereocenters. The molecular weight excluding hydrogens is 358 g/mol. The molecule has 2 atom stereocenters. The number of halogens is 1. The van der Waals surface area contributed by atoms with Crippen molar-refractivity contribution in [2.45, 2.75) is 56.0 Å². The number of hydrogen-bond acceptors (Lipinski definition) is 3. The molecule has 4 rings (SSSR count). The summed E-state index contributed by atoms with van der Waals surface area (Å²) in [6, 6.07) is 14.5. The number of nitrogens with zero attached hydrogens (tertiary/aromatic N) is 1. The highest BCUT2D eigenvalue weighted by Gasteiger charge is 2.49. The minimum atomic E-state index is -0.108. The Labute approximate surface area is 167 Å². The molecule has 2 aliphatic rings. The molecule has 1 aromatic heterocycles. The van der Waals surface area contributed by atoms with Crippen LogP contribution in [0.1, 0.15) is 49.8 Å². The van der Waals surface area contributed by atoms with Crippen molar-refractivity contribution in [3.05, 3.63) is 64.9 Å². The Hall–Kier alpha value is -1.42. The van der Waals surface area contributed by atoms with E-state index in [1.807, 2.05) is 24.4 Å². The average molecular weight is 386 g/mol. The first-order valence-electron chi connectivity index (χ1n) is 10.1. The Bertz CT molecular complexity index is 745. The Balaban J connectivity index is 1.45. The zero-order valence-corrected chi connectivity index (χ0v) is 16.6. The van der Waals surface area contributed by atoms with E-state index < -0.39 is 0 Å². The molecule has 0 saturated carbocycles. The highest BCUT2D eigenvalue weighted by atomic mass is 35.5. The van der Waals surface area contributed by atoms with Crippen molar-refractivity contribution in [1.82, 2.24) is 4.98 Å². The fourth-order valence-electron chi connectivity index (χ4n) is 4.78. The van der Waals surface area contributed by atoms with Gasteiger partial charge in [-0.1, -0.05) is 36.2 Å². The molecule has 0 radical (unpaired) electrons. The molecule has 4 heteroatoms. The molecule has 0 aliphatic carbocycles. The van der Waals surface area contributed by atoms with E-state index in [0.29, 0.717) is 0 Å². The van der Waals surface area contributed by atoms with Crippen LogP contribution in [0.4, 0.5) is 0 Å². The second kappa shape index (κ2) is 8.30. The lowest BCUT2D eigenvalue weighted by Crippen LogP contribution is -2.48. The Morgan fingerprint density at radius 2 is 2.00 bits per heavy atom. The van der Waals surface area contributed by atoms with Crippen LogP contribution < -0.4 is 0 Å². The zero-order chi connectivity index (χ0) is 18.6. The standard InChI is InChI=1S/C23H28ClNO2/c24-20-8-5-7-19(16-20)6-1-3-10-22(21-9-2-4-13-25-21)11-15-27-23(17-22)12-14-26-18-23/h2,4-5,7-9,13,16H,1,3,6,10-12,14-15,17-18H2/t22-,23-/m1/s1. The molecule has 2 fully saturated rings. The summed E-state index contributed by atoms with van der Waals surface area (Å²) in [5.41, 5.74) is 2.54. The third-order valence-corrected chi connectivity index (χ3v) is 6.42. The number of ether oxygens (including phenoxy) is 2. The average Bonchev–Trinajstić information content (AvgIpc) is 3.13. The van der Waals surface area contributed by atoms with E-state index in [9.17, 15) is 0 Å². The second-order valence-corrected chi connectivity index (χ2v) is 8.53. The maximum Gasteiger partial charge on any atom is 0.0945 e. The largest absolute Gasteiger partial charge is 0.378 e. The lowest BCUT2D eigenvalue weighted by molar-refractivity contribution is -0.109. The van der Waals surface area contributed by atoms with Crippen molar-refractivity contribution in [2.75, 3.05) is 19.8 Å². The van der Waals surface area contributed by atoms with E-state index in [0.717, 1.165) is 56.9 Å². The van der Waals surface area contributed by atoms with Crippen molar-refractivity contribution in [3.63, 3.8) is 0 Å². The number of aryl methyl sites for hydroxylation is 1. The minimum absolute atomic E-state index is 0.0988. The number of unbranched alkanes of at least 4 members (excludes halogenated alkanes) is 1. The fraction of sp³-hybridized carbons (Fsp3) is 0.522. The maximum atomic E-state index is 6.22. The van der Waals surface area contributed by atoms with Gasteiger partial charge in [-0.3, -0.25) is 4.98 Å². The first-order valence-corrected chi connectivity index (χ1v) is 10.5. The van der Waals surface area contributed by atoms with Gasteiger partial charge in [0.15, 0.2) is 0 Å². The SMILES string of the molecule is Clc1cccc(CCCC[C@@]2(c3ccccn3)CCO[C@]3(CCOC3)C2)c1. The van der Waals surface area contributed by atoms with E-state index in [1.54, 1.807) is 0 Å². The number of rotatable bonds is 6. The molecule has 144 valence electrons.